The fourth-order valence-electron chi connectivity index (χ4n) is 1.75. The summed E-state index contributed by atoms with van der Waals surface area (Å²) in [7, 11) is -1.49. The Balaban J connectivity index is 2.05. The molecule has 0 aliphatic carbocycles. The molecule has 0 aliphatic heterocycles. The highest BCUT2D eigenvalue weighted by atomic mass is 79.9. The van der Waals surface area contributed by atoms with Gasteiger partial charge in [-0.05, 0) is 57.9 Å². The maximum Gasteiger partial charge on any atom is 0.175 e. The Bertz CT molecular complexity index is 725. The Morgan fingerprint density at radius 2 is 1.81 bits per heavy atom. The second-order valence-electron chi connectivity index (χ2n) is 4.50. The van der Waals surface area contributed by atoms with Gasteiger partial charge in [0.25, 0.3) is 0 Å². The van der Waals surface area contributed by atoms with Crippen LogP contribution in [0.15, 0.2) is 56.7 Å². The molecular weight excluding hydrogens is 372 g/mol. The summed E-state index contributed by atoms with van der Waals surface area (Å²) in [6, 6.07) is 12.9. The van der Waals surface area contributed by atoms with E-state index < -0.39 is 9.84 Å². The van der Waals surface area contributed by atoms with Crippen LogP contribution in [0.1, 0.15) is 5.56 Å². The van der Waals surface area contributed by atoms with Crippen molar-refractivity contribution in [3.8, 4) is 5.75 Å². The summed E-state index contributed by atoms with van der Waals surface area (Å²) in [5.74, 6) is 1.61. The van der Waals surface area contributed by atoms with Crippen molar-refractivity contribution >= 4 is 37.5 Å². The minimum absolute atomic E-state index is 0.346. The molecule has 21 heavy (non-hydrogen) atoms. The number of rotatable bonds is 5. The van der Waals surface area contributed by atoms with E-state index in [0.29, 0.717) is 4.90 Å². The third-order valence-corrected chi connectivity index (χ3v) is 5.70. The standard InChI is InChI=1S/C15H15BrO3S2/c1-19-15-8-3-11(9-14(15)16)10-20-12-4-6-13(7-5-12)21(2,17)18/h3-9H,10H2,1-2H3. The lowest BCUT2D eigenvalue weighted by molar-refractivity contribution is 0.412. The second kappa shape index (κ2) is 6.85. The molecule has 0 saturated heterocycles. The van der Waals surface area contributed by atoms with Gasteiger partial charge in [0.15, 0.2) is 9.84 Å². The summed E-state index contributed by atoms with van der Waals surface area (Å²) >= 11 is 5.12. The van der Waals surface area contributed by atoms with Gasteiger partial charge < -0.3 is 4.74 Å². The van der Waals surface area contributed by atoms with Crippen molar-refractivity contribution in [1.82, 2.24) is 0 Å². The van der Waals surface area contributed by atoms with Gasteiger partial charge >= 0.3 is 0 Å². The van der Waals surface area contributed by atoms with Gasteiger partial charge in [-0.15, -0.1) is 11.8 Å². The molecule has 0 fully saturated rings. The van der Waals surface area contributed by atoms with Crippen molar-refractivity contribution in [2.75, 3.05) is 13.4 Å². The summed E-state index contributed by atoms with van der Waals surface area (Å²) in [6.45, 7) is 0. The zero-order valence-corrected chi connectivity index (χ0v) is 14.9. The van der Waals surface area contributed by atoms with Gasteiger partial charge in [-0.3, -0.25) is 0 Å². The molecule has 0 amide bonds. The van der Waals surface area contributed by atoms with E-state index in [1.54, 1.807) is 31.0 Å². The fraction of sp³-hybridized carbons (Fsp3) is 0.200. The van der Waals surface area contributed by atoms with Crippen molar-refractivity contribution in [2.24, 2.45) is 0 Å². The monoisotopic (exact) mass is 386 g/mol. The quantitative estimate of drug-likeness (QED) is 0.723. The molecule has 0 heterocycles. The molecule has 0 radical (unpaired) electrons. The average molecular weight is 387 g/mol. The van der Waals surface area contributed by atoms with Crippen molar-refractivity contribution < 1.29 is 13.2 Å². The Morgan fingerprint density at radius 3 is 2.33 bits per heavy atom. The molecule has 0 atom stereocenters. The highest BCUT2D eigenvalue weighted by Crippen LogP contribution is 2.29. The van der Waals surface area contributed by atoms with Crippen LogP contribution < -0.4 is 4.74 Å². The summed E-state index contributed by atoms with van der Waals surface area (Å²) in [4.78, 5) is 1.38. The number of ether oxygens (including phenoxy) is 1. The first-order valence-corrected chi connectivity index (χ1v) is 9.82. The largest absolute Gasteiger partial charge is 0.496 e. The SMILES string of the molecule is COc1ccc(CSc2ccc(S(C)(=O)=O)cc2)cc1Br. The van der Waals surface area contributed by atoms with Gasteiger partial charge in [-0.25, -0.2) is 8.42 Å². The number of hydrogen-bond donors (Lipinski definition) is 0. The van der Waals surface area contributed by atoms with Crippen LogP contribution in [0.4, 0.5) is 0 Å². The third-order valence-electron chi connectivity index (χ3n) is 2.87. The van der Waals surface area contributed by atoms with E-state index in [4.69, 9.17) is 4.74 Å². The van der Waals surface area contributed by atoms with Gasteiger partial charge in [0.1, 0.15) is 5.75 Å². The minimum Gasteiger partial charge on any atom is -0.496 e. The van der Waals surface area contributed by atoms with Crippen molar-refractivity contribution in [2.45, 2.75) is 15.5 Å². The third kappa shape index (κ3) is 4.49. The number of hydrogen-bond acceptors (Lipinski definition) is 4. The van der Waals surface area contributed by atoms with E-state index in [1.165, 1.54) is 11.8 Å². The highest BCUT2D eigenvalue weighted by molar-refractivity contribution is 9.10. The molecule has 0 unspecified atom stereocenters. The van der Waals surface area contributed by atoms with E-state index >= 15 is 0 Å². The van der Waals surface area contributed by atoms with E-state index in [1.807, 2.05) is 30.3 Å². The first-order chi connectivity index (χ1) is 9.90. The zero-order chi connectivity index (χ0) is 15.5. The molecule has 0 aromatic heterocycles. The van der Waals surface area contributed by atoms with Gasteiger partial charge in [0, 0.05) is 16.9 Å². The lowest BCUT2D eigenvalue weighted by Crippen LogP contribution is -1.96. The first-order valence-electron chi connectivity index (χ1n) is 6.15. The van der Waals surface area contributed by atoms with Crippen LogP contribution in [0, 0.1) is 0 Å². The van der Waals surface area contributed by atoms with E-state index in [0.717, 1.165) is 20.9 Å². The van der Waals surface area contributed by atoms with Gasteiger partial charge in [-0.2, -0.15) is 0 Å². The molecule has 2 aromatic rings. The molecular formula is C15H15BrO3S2. The Morgan fingerprint density at radius 1 is 1.14 bits per heavy atom. The molecule has 6 heteroatoms. The summed E-state index contributed by atoms with van der Waals surface area (Å²) in [5, 5.41) is 0. The summed E-state index contributed by atoms with van der Waals surface area (Å²) in [5.41, 5.74) is 1.17. The van der Waals surface area contributed by atoms with Gasteiger partial charge in [-0.1, -0.05) is 6.07 Å². The molecule has 112 valence electrons. The van der Waals surface area contributed by atoms with E-state index in [2.05, 4.69) is 15.9 Å². The predicted molar refractivity (Wildman–Crippen MR) is 89.8 cm³/mol. The Hall–Kier alpha value is -0.980. The predicted octanol–water partition coefficient (Wildman–Crippen LogP) is 4.15. The van der Waals surface area contributed by atoms with Crippen molar-refractivity contribution in [1.29, 1.82) is 0 Å². The average Bonchev–Trinajstić information content (AvgIpc) is 2.45. The van der Waals surface area contributed by atoms with Crippen LogP contribution >= 0.6 is 27.7 Å². The molecule has 0 aliphatic rings. The van der Waals surface area contributed by atoms with Crippen LogP contribution in [0.3, 0.4) is 0 Å². The van der Waals surface area contributed by atoms with Crippen molar-refractivity contribution in [3.05, 3.63) is 52.5 Å². The second-order valence-corrected chi connectivity index (χ2v) is 8.42. The highest BCUT2D eigenvalue weighted by Gasteiger charge is 2.07. The fourth-order valence-corrected chi connectivity index (χ4v) is 3.81. The zero-order valence-electron chi connectivity index (χ0n) is 11.7. The Labute approximate surface area is 137 Å². The molecule has 0 bridgehead atoms. The van der Waals surface area contributed by atoms with Crippen LogP contribution in [-0.4, -0.2) is 21.8 Å². The van der Waals surface area contributed by atoms with Gasteiger partial charge in [0.05, 0.1) is 16.5 Å². The maximum absolute atomic E-state index is 11.4. The lowest BCUT2D eigenvalue weighted by atomic mass is 10.2. The van der Waals surface area contributed by atoms with Crippen LogP contribution in [0.2, 0.25) is 0 Å². The molecule has 0 saturated carbocycles. The van der Waals surface area contributed by atoms with Crippen LogP contribution in [-0.2, 0) is 15.6 Å². The number of thioether (sulfide) groups is 1. The number of benzene rings is 2. The van der Waals surface area contributed by atoms with Gasteiger partial charge in [0.2, 0.25) is 0 Å². The molecule has 0 spiro atoms. The smallest absolute Gasteiger partial charge is 0.175 e. The number of halogens is 1. The number of methoxy groups -OCH3 is 1. The number of sulfone groups is 1. The Kier molecular flexibility index (Phi) is 5.35. The normalized spacial score (nSPS) is 11.4. The topological polar surface area (TPSA) is 43.4 Å². The molecule has 2 aromatic carbocycles. The summed E-state index contributed by atoms with van der Waals surface area (Å²) < 4.78 is 28.9. The molecule has 0 N–H and O–H groups in total. The molecule has 3 nitrogen and oxygen atoms in total. The van der Waals surface area contributed by atoms with E-state index in [-0.39, 0.29) is 0 Å². The van der Waals surface area contributed by atoms with Crippen LogP contribution in [0.5, 0.6) is 5.75 Å². The lowest BCUT2D eigenvalue weighted by Gasteiger charge is -2.07. The van der Waals surface area contributed by atoms with Crippen molar-refractivity contribution in [3.63, 3.8) is 0 Å². The van der Waals surface area contributed by atoms with E-state index in [9.17, 15) is 8.42 Å². The minimum atomic E-state index is -3.13. The molecule has 2 rings (SSSR count). The van der Waals surface area contributed by atoms with Crippen LogP contribution in [0.25, 0.3) is 0 Å². The first kappa shape index (κ1) is 16.4. The maximum atomic E-state index is 11.4. The summed E-state index contributed by atoms with van der Waals surface area (Å²) in [6.07, 6.45) is 1.21.